The first kappa shape index (κ1) is 15.6. The number of para-hydroxylation sites is 3. The summed E-state index contributed by atoms with van der Waals surface area (Å²) in [7, 11) is 3.39. The molecule has 5 heteroatoms. The van der Waals surface area contributed by atoms with Gasteiger partial charge in [0, 0.05) is 12.1 Å². The van der Waals surface area contributed by atoms with E-state index in [-0.39, 0.29) is 6.61 Å². The Balaban J connectivity index is 2.01. The van der Waals surface area contributed by atoms with Crippen LogP contribution < -0.4 is 19.5 Å². The number of nitrogens with one attached hydrogen (secondary N) is 1. The zero-order valence-corrected chi connectivity index (χ0v) is 13.3. The molecule has 23 heavy (non-hydrogen) atoms. The van der Waals surface area contributed by atoms with Crippen LogP contribution in [0.3, 0.4) is 0 Å². The van der Waals surface area contributed by atoms with Crippen molar-refractivity contribution in [3.63, 3.8) is 0 Å². The van der Waals surface area contributed by atoms with Crippen LogP contribution in [0.4, 0.5) is 0 Å². The van der Waals surface area contributed by atoms with Crippen LogP contribution in [0.1, 0.15) is 11.7 Å². The monoisotopic (exact) mass is 315 g/mol. The lowest BCUT2D eigenvalue weighted by Gasteiger charge is -2.40. The molecule has 2 N–H and O–H groups in total. The molecule has 3 rings (SSSR count). The lowest BCUT2D eigenvalue weighted by atomic mass is 9.88. The van der Waals surface area contributed by atoms with Gasteiger partial charge in [-0.3, -0.25) is 0 Å². The number of rotatable bonds is 5. The quantitative estimate of drug-likeness (QED) is 0.885. The van der Waals surface area contributed by atoms with Gasteiger partial charge in [-0.15, -0.1) is 0 Å². The molecule has 122 valence electrons. The summed E-state index contributed by atoms with van der Waals surface area (Å²) in [5, 5.41) is 14.1. The van der Waals surface area contributed by atoms with Crippen molar-refractivity contribution in [1.82, 2.24) is 5.32 Å². The van der Waals surface area contributed by atoms with Crippen LogP contribution in [-0.2, 0) is 0 Å². The van der Waals surface area contributed by atoms with E-state index in [4.69, 9.17) is 14.2 Å². The number of aliphatic hydroxyl groups is 1. The van der Waals surface area contributed by atoms with E-state index in [1.54, 1.807) is 14.2 Å². The molecule has 0 saturated carbocycles. The van der Waals surface area contributed by atoms with Crippen LogP contribution in [0, 0.1) is 0 Å². The van der Waals surface area contributed by atoms with E-state index in [1.807, 2.05) is 48.5 Å². The van der Waals surface area contributed by atoms with E-state index < -0.39 is 11.7 Å². The number of ether oxygens (including phenoxy) is 3. The minimum absolute atomic E-state index is 0.157. The van der Waals surface area contributed by atoms with Crippen LogP contribution in [0.15, 0.2) is 48.5 Å². The van der Waals surface area contributed by atoms with E-state index in [9.17, 15) is 5.11 Å². The summed E-state index contributed by atoms with van der Waals surface area (Å²) >= 11 is 0. The molecule has 2 aromatic carbocycles. The van der Waals surface area contributed by atoms with E-state index in [0.717, 1.165) is 11.3 Å². The van der Waals surface area contributed by atoms with Crippen molar-refractivity contribution in [3.05, 3.63) is 54.1 Å². The first-order chi connectivity index (χ1) is 11.2. The van der Waals surface area contributed by atoms with Gasteiger partial charge in [-0.25, -0.2) is 0 Å². The third-order valence-corrected chi connectivity index (χ3v) is 3.96. The second-order valence-corrected chi connectivity index (χ2v) is 5.61. The van der Waals surface area contributed by atoms with Crippen molar-refractivity contribution in [2.45, 2.75) is 11.7 Å². The number of hydrogen-bond donors (Lipinski definition) is 2. The number of fused-ring (bicyclic) bond motifs is 1. The first-order valence-corrected chi connectivity index (χ1v) is 7.56. The maximum Gasteiger partial charge on any atom is 0.162 e. The molecule has 2 aromatic rings. The van der Waals surface area contributed by atoms with E-state index in [0.29, 0.717) is 18.0 Å². The Morgan fingerprint density at radius 3 is 2.61 bits per heavy atom. The molecule has 0 bridgehead atoms. The molecule has 0 fully saturated rings. The van der Waals surface area contributed by atoms with Gasteiger partial charge in [0.25, 0.3) is 0 Å². The maximum atomic E-state index is 11.0. The second kappa shape index (κ2) is 6.48. The van der Waals surface area contributed by atoms with E-state index in [2.05, 4.69) is 5.32 Å². The fourth-order valence-electron chi connectivity index (χ4n) is 2.86. The Labute approximate surface area is 135 Å². The van der Waals surface area contributed by atoms with Crippen LogP contribution >= 0.6 is 0 Å². The van der Waals surface area contributed by atoms with Gasteiger partial charge in [0.15, 0.2) is 23.2 Å². The van der Waals surface area contributed by atoms with Gasteiger partial charge in [-0.05, 0) is 25.2 Å². The molecule has 0 amide bonds. The highest BCUT2D eigenvalue weighted by Crippen LogP contribution is 2.42. The average Bonchev–Trinajstić information content (AvgIpc) is 2.58. The third kappa shape index (κ3) is 2.98. The molecule has 0 aliphatic carbocycles. The van der Waals surface area contributed by atoms with Crippen molar-refractivity contribution in [2.75, 3.05) is 27.3 Å². The van der Waals surface area contributed by atoms with Crippen LogP contribution in [0.25, 0.3) is 0 Å². The second-order valence-electron chi connectivity index (χ2n) is 5.61. The lowest BCUT2D eigenvalue weighted by Crippen LogP contribution is -2.53. The number of likely N-dealkylation sites (N-methyl/N-ethyl adjacent to an activating group) is 1. The van der Waals surface area contributed by atoms with Crippen LogP contribution in [0.5, 0.6) is 17.2 Å². The van der Waals surface area contributed by atoms with Crippen molar-refractivity contribution in [1.29, 1.82) is 0 Å². The summed E-state index contributed by atoms with van der Waals surface area (Å²) in [5.74, 6) is 1.95. The van der Waals surface area contributed by atoms with Crippen molar-refractivity contribution in [2.24, 2.45) is 0 Å². The smallest absolute Gasteiger partial charge is 0.162 e. The predicted octanol–water partition coefficient (Wildman–Crippen LogP) is 2.16. The first-order valence-electron chi connectivity index (χ1n) is 7.56. The minimum Gasteiger partial charge on any atom is -0.493 e. The van der Waals surface area contributed by atoms with Gasteiger partial charge in [0.05, 0.1) is 7.11 Å². The predicted molar refractivity (Wildman–Crippen MR) is 87.2 cm³/mol. The molecule has 1 heterocycles. The minimum atomic E-state index is -1.18. The molecular formula is C18H21NO4. The highest BCUT2D eigenvalue weighted by atomic mass is 16.5. The molecule has 0 spiro atoms. The van der Waals surface area contributed by atoms with Crippen molar-refractivity contribution < 1.29 is 19.3 Å². The normalized spacial score (nSPS) is 22.8. The standard InChI is InChI=1S/C18H21NO4/c1-19-11-18(20)12-22-14-8-4-3-7-13(14)17(18)23-16-10-6-5-9-15(16)21-2/h3-10,17,19-20H,11-12H2,1-2H3/t17-,18-/m1/s1. The van der Waals surface area contributed by atoms with Gasteiger partial charge in [0.1, 0.15) is 12.4 Å². The number of methoxy groups -OCH3 is 1. The molecular weight excluding hydrogens is 294 g/mol. The summed E-state index contributed by atoms with van der Waals surface area (Å²) < 4.78 is 17.2. The van der Waals surface area contributed by atoms with Gasteiger partial charge < -0.3 is 24.6 Å². The average molecular weight is 315 g/mol. The summed E-state index contributed by atoms with van der Waals surface area (Å²) in [4.78, 5) is 0. The Hall–Kier alpha value is -2.24. The molecule has 0 radical (unpaired) electrons. The number of hydrogen-bond acceptors (Lipinski definition) is 5. The summed E-state index contributed by atoms with van der Waals surface area (Å²) in [5.41, 5.74) is -0.355. The van der Waals surface area contributed by atoms with Crippen LogP contribution in [-0.4, -0.2) is 38.0 Å². The Kier molecular flexibility index (Phi) is 4.41. The summed E-state index contributed by atoms with van der Waals surface area (Å²) in [6, 6.07) is 15.0. The highest BCUT2D eigenvalue weighted by Gasteiger charge is 2.45. The Morgan fingerprint density at radius 1 is 1.17 bits per heavy atom. The zero-order chi connectivity index (χ0) is 16.3. The number of benzene rings is 2. The van der Waals surface area contributed by atoms with Crippen molar-refractivity contribution >= 4 is 0 Å². The molecule has 0 unspecified atom stereocenters. The Bertz CT molecular complexity index is 676. The molecule has 1 aliphatic heterocycles. The van der Waals surface area contributed by atoms with Gasteiger partial charge in [-0.1, -0.05) is 30.3 Å². The Morgan fingerprint density at radius 2 is 1.87 bits per heavy atom. The lowest BCUT2D eigenvalue weighted by molar-refractivity contribution is -0.101. The molecule has 1 aliphatic rings. The van der Waals surface area contributed by atoms with E-state index >= 15 is 0 Å². The largest absolute Gasteiger partial charge is 0.493 e. The van der Waals surface area contributed by atoms with Gasteiger partial charge >= 0.3 is 0 Å². The maximum absolute atomic E-state index is 11.0. The summed E-state index contributed by atoms with van der Waals surface area (Å²) in [6.45, 7) is 0.506. The molecule has 0 aromatic heterocycles. The SMILES string of the molecule is CNC[C@@]1(O)COc2ccccc2[C@H]1Oc1ccccc1OC. The van der Waals surface area contributed by atoms with Crippen LogP contribution in [0.2, 0.25) is 0 Å². The van der Waals surface area contributed by atoms with Gasteiger partial charge in [0.2, 0.25) is 0 Å². The van der Waals surface area contributed by atoms with Gasteiger partial charge in [-0.2, -0.15) is 0 Å². The third-order valence-electron chi connectivity index (χ3n) is 3.96. The molecule has 5 nitrogen and oxygen atoms in total. The highest BCUT2D eigenvalue weighted by molar-refractivity contribution is 5.43. The fraction of sp³-hybridized carbons (Fsp3) is 0.333. The fourth-order valence-corrected chi connectivity index (χ4v) is 2.86. The topological polar surface area (TPSA) is 60.0 Å². The molecule has 2 atom stereocenters. The van der Waals surface area contributed by atoms with E-state index in [1.165, 1.54) is 0 Å². The van der Waals surface area contributed by atoms with Crippen molar-refractivity contribution in [3.8, 4) is 17.2 Å². The zero-order valence-electron chi connectivity index (χ0n) is 13.3. The molecule has 0 saturated heterocycles. The summed E-state index contributed by atoms with van der Waals surface area (Å²) in [6.07, 6.45) is -0.559.